The molecular formula is C28H31NO5S. The smallest absolute Gasteiger partial charge is 0.446 e. The summed E-state index contributed by atoms with van der Waals surface area (Å²) in [4.78, 5) is 1.49. The number of benzene rings is 3. The van der Waals surface area contributed by atoms with Crippen molar-refractivity contribution in [1.29, 1.82) is 0 Å². The molecule has 184 valence electrons. The summed E-state index contributed by atoms with van der Waals surface area (Å²) < 4.78 is 75.3. The molecule has 0 spiro atoms. The minimum Gasteiger partial charge on any atom is -0.492 e. The van der Waals surface area contributed by atoms with Crippen molar-refractivity contribution < 1.29 is 27.4 Å². The molecule has 2 atom stereocenters. The van der Waals surface area contributed by atoms with Crippen molar-refractivity contribution >= 4 is 10.4 Å². The molecule has 1 aliphatic carbocycles. The van der Waals surface area contributed by atoms with Gasteiger partial charge in [-0.05, 0) is 91.2 Å². The number of hydrogen-bond donors (Lipinski definition) is 1. The topological polar surface area (TPSA) is 76.1 Å². The summed E-state index contributed by atoms with van der Waals surface area (Å²) in [6.07, 6.45) is 3.16. The van der Waals surface area contributed by atoms with Gasteiger partial charge in [-0.3, -0.25) is 9.45 Å². The number of likely N-dealkylation sites (tertiary alicyclic amines) is 1. The molecule has 5 rings (SSSR count). The van der Waals surface area contributed by atoms with Crippen LogP contribution in [0.3, 0.4) is 0 Å². The van der Waals surface area contributed by atoms with Crippen LogP contribution in [-0.4, -0.2) is 44.0 Å². The highest BCUT2D eigenvalue weighted by molar-refractivity contribution is 7.81. The van der Waals surface area contributed by atoms with Gasteiger partial charge in [0, 0.05) is 15.2 Å². The third-order valence-corrected chi connectivity index (χ3v) is 7.13. The lowest BCUT2D eigenvalue weighted by Crippen LogP contribution is -2.25. The van der Waals surface area contributed by atoms with Gasteiger partial charge in [0.25, 0.3) is 0 Å². The Hall–Kier alpha value is -2.87. The summed E-state index contributed by atoms with van der Waals surface area (Å²) in [7, 11) is -4.63. The molecule has 0 aromatic heterocycles. The van der Waals surface area contributed by atoms with Gasteiger partial charge in [0.15, 0.2) is 0 Å². The molecule has 2 aliphatic rings. The Balaban J connectivity index is 1.46. The van der Waals surface area contributed by atoms with Gasteiger partial charge in [0.05, 0.1) is 2.74 Å². The fraction of sp³-hybridized carbons (Fsp3) is 0.357. The van der Waals surface area contributed by atoms with Gasteiger partial charge in [0.1, 0.15) is 18.1 Å². The Morgan fingerprint density at radius 3 is 2.37 bits per heavy atom. The normalized spacial score (nSPS) is 22.9. The van der Waals surface area contributed by atoms with Gasteiger partial charge >= 0.3 is 10.4 Å². The molecule has 6 nitrogen and oxygen atoms in total. The maximum absolute atomic E-state index is 11.2. The first-order valence-corrected chi connectivity index (χ1v) is 13.2. The number of ether oxygens (including phenoxy) is 1. The zero-order chi connectivity index (χ0) is 27.8. The second-order valence-corrected chi connectivity index (χ2v) is 10.0. The minimum atomic E-state index is -4.63. The van der Waals surface area contributed by atoms with Crippen molar-refractivity contribution in [2.24, 2.45) is 0 Å². The van der Waals surface area contributed by atoms with Crippen LogP contribution >= 0.6 is 0 Å². The second-order valence-electron chi connectivity index (χ2n) is 8.98. The van der Waals surface area contributed by atoms with Crippen molar-refractivity contribution in [3.8, 4) is 11.5 Å². The summed E-state index contributed by atoms with van der Waals surface area (Å²) >= 11 is 0. The Morgan fingerprint density at radius 1 is 0.943 bits per heavy atom. The standard InChI is InChI=1S/C28H31NO5S/c30-35(31,32)34-25-13-15-27-23(20-25)10-14-26(21-6-2-1-3-7-21)28(27)22-8-11-24(12-9-22)33-19-18-29-16-4-5-17-29/h1-3,6-9,11-13,15,20,26,28H,4-5,10,14,16-19H2,(H,30,31,32)/t26-,28+/m1/s1/i18D2,19D2. The fourth-order valence-corrected chi connectivity index (χ4v) is 5.51. The first kappa shape index (κ1) is 19.3. The van der Waals surface area contributed by atoms with Gasteiger partial charge in [-0.2, -0.15) is 8.42 Å². The number of aryl methyl sites for hydroxylation is 1. The van der Waals surface area contributed by atoms with Crippen LogP contribution in [0.1, 0.15) is 58.8 Å². The average molecular weight is 498 g/mol. The second kappa shape index (κ2) is 10.4. The lowest BCUT2D eigenvalue weighted by Gasteiger charge is -2.35. The average Bonchev–Trinajstić information content (AvgIpc) is 3.44. The molecule has 35 heavy (non-hydrogen) atoms. The molecule has 3 aromatic rings. The van der Waals surface area contributed by atoms with E-state index in [4.69, 9.17) is 14.8 Å². The molecule has 7 heteroatoms. The van der Waals surface area contributed by atoms with E-state index in [1.54, 1.807) is 18.2 Å². The van der Waals surface area contributed by atoms with Crippen LogP contribution in [0.25, 0.3) is 0 Å². The van der Waals surface area contributed by atoms with E-state index < -0.39 is 23.5 Å². The van der Waals surface area contributed by atoms with Crippen molar-refractivity contribution in [2.75, 3.05) is 26.1 Å². The molecule has 1 aliphatic heterocycles. The van der Waals surface area contributed by atoms with Gasteiger partial charge in [-0.25, -0.2) is 0 Å². The maximum atomic E-state index is 11.2. The molecule has 0 amide bonds. The molecule has 1 saturated heterocycles. The lowest BCUT2D eigenvalue weighted by molar-refractivity contribution is 0.237. The Morgan fingerprint density at radius 2 is 1.66 bits per heavy atom. The zero-order valence-electron chi connectivity index (χ0n) is 23.3. The van der Waals surface area contributed by atoms with Gasteiger partial charge in [-0.1, -0.05) is 48.5 Å². The predicted octanol–water partition coefficient (Wildman–Crippen LogP) is 5.20. The van der Waals surface area contributed by atoms with Gasteiger partial charge < -0.3 is 8.92 Å². The summed E-state index contributed by atoms with van der Waals surface area (Å²) in [6, 6.07) is 22.2. The van der Waals surface area contributed by atoms with Crippen molar-refractivity contribution in [3.63, 3.8) is 0 Å². The Labute approximate surface area is 213 Å². The van der Waals surface area contributed by atoms with Gasteiger partial charge in [-0.15, -0.1) is 0 Å². The van der Waals surface area contributed by atoms with E-state index >= 15 is 0 Å². The molecule has 0 saturated carbocycles. The molecule has 0 bridgehead atoms. The largest absolute Gasteiger partial charge is 0.492 e. The van der Waals surface area contributed by atoms with E-state index in [9.17, 15) is 8.42 Å². The molecule has 1 fully saturated rings. The summed E-state index contributed by atoms with van der Waals surface area (Å²) in [5, 5.41) is 0. The van der Waals surface area contributed by atoms with E-state index in [0.29, 0.717) is 19.5 Å². The van der Waals surface area contributed by atoms with Crippen LogP contribution < -0.4 is 8.92 Å². The van der Waals surface area contributed by atoms with E-state index in [-0.39, 0.29) is 23.3 Å². The van der Waals surface area contributed by atoms with Crippen LogP contribution in [0.15, 0.2) is 72.8 Å². The molecule has 1 N–H and O–H groups in total. The predicted molar refractivity (Wildman–Crippen MR) is 136 cm³/mol. The summed E-state index contributed by atoms with van der Waals surface area (Å²) in [5.41, 5.74) is 4.06. The van der Waals surface area contributed by atoms with Crippen LogP contribution in [0.2, 0.25) is 0 Å². The van der Waals surface area contributed by atoms with Gasteiger partial charge in [0.2, 0.25) is 0 Å². The molecular weight excluding hydrogens is 462 g/mol. The molecule has 3 aromatic carbocycles. The SMILES string of the molecule is [2H]C([2H])(Oc1ccc([C@@H]2c3ccc(OS(=O)(=O)O)cc3CC[C@@H]2c2ccccc2)cc1)C([2H])([2H])N1CCCC1. The number of fused-ring (bicyclic) bond motifs is 1. The zero-order valence-corrected chi connectivity index (χ0v) is 20.1. The minimum absolute atomic E-state index is 0.0476. The van der Waals surface area contributed by atoms with Crippen LogP contribution in [0.5, 0.6) is 11.5 Å². The van der Waals surface area contributed by atoms with E-state index in [0.717, 1.165) is 36.0 Å². The first-order valence-electron chi connectivity index (χ1n) is 13.8. The molecule has 0 radical (unpaired) electrons. The highest BCUT2D eigenvalue weighted by atomic mass is 32.3. The maximum Gasteiger partial charge on any atom is 0.446 e. The molecule has 1 heterocycles. The van der Waals surface area contributed by atoms with Crippen LogP contribution in [0, 0.1) is 0 Å². The molecule has 0 unspecified atom stereocenters. The monoisotopic (exact) mass is 497 g/mol. The van der Waals surface area contributed by atoms with E-state index in [1.807, 2.05) is 36.4 Å². The number of nitrogens with zero attached hydrogens (tertiary/aromatic N) is 1. The van der Waals surface area contributed by atoms with Crippen molar-refractivity contribution in [2.45, 2.75) is 37.5 Å². The number of rotatable bonds is 8. The Bertz CT molecular complexity index is 1410. The third kappa shape index (κ3) is 5.86. The number of hydrogen-bond acceptors (Lipinski definition) is 5. The van der Waals surface area contributed by atoms with E-state index in [2.05, 4.69) is 16.3 Å². The summed E-state index contributed by atoms with van der Waals surface area (Å²) in [5.74, 6) is 0.328. The van der Waals surface area contributed by atoms with E-state index in [1.165, 1.54) is 16.5 Å². The lowest BCUT2D eigenvalue weighted by atomic mass is 9.69. The quantitative estimate of drug-likeness (QED) is 0.431. The van der Waals surface area contributed by atoms with Crippen molar-refractivity contribution in [1.82, 2.24) is 4.90 Å². The first-order chi connectivity index (χ1) is 18.4. The highest BCUT2D eigenvalue weighted by Crippen LogP contribution is 2.47. The highest BCUT2D eigenvalue weighted by Gasteiger charge is 2.32. The van der Waals surface area contributed by atoms with Crippen LogP contribution in [0.4, 0.5) is 0 Å². The Kier molecular flexibility index (Phi) is 5.74. The summed E-state index contributed by atoms with van der Waals surface area (Å²) in [6.45, 7) is -3.83. The third-order valence-electron chi connectivity index (χ3n) is 6.72. The van der Waals surface area contributed by atoms with Crippen LogP contribution in [-0.2, 0) is 16.8 Å². The van der Waals surface area contributed by atoms with Crippen molar-refractivity contribution in [3.05, 3.63) is 95.1 Å². The fourth-order valence-electron chi connectivity index (χ4n) is 5.16.